The number of nitrogens with zero attached hydrogens (tertiary/aromatic N) is 1. The maximum Gasteiger partial charge on any atom is 0.227 e. The highest BCUT2D eigenvalue weighted by Gasteiger charge is 2.35. The van der Waals surface area contributed by atoms with Crippen LogP contribution in [-0.2, 0) is 11.3 Å². The first-order valence-corrected chi connectivity index (χ1v) is 7.06. The molecular weight excluding hydrogens is 268 g/mol. The van der Waals surface area contributed by atoms with E-state index < -0.39 is 0 Å². The lowest BCUT2D eigenvalue weighted by Gasteiger charge is -2.27. The summed E-state index contributed by atoms with van der Waals surface area (Å²) in [4.78, 5) is 15.6. The maximum atomic E-state index is 12.3. The number of nitrogens with two attached hydrogens (primary N) is 1. The summed E-state index contributed by atoms with van der Waals surface area (Å²) in [6.07, 6.45) is 2.28. The van der Waals surface area contributed by atoms with Crippen LogP contribution < -0.4 is 5.73 Å². The first kappa shape index (κ1) is 15.5. The number of hydrogen-bond donors (Lipinski definition) is 1. The normalized spacial score (nSPS) is 17.7. The molecule has 0 aromatic carbocycles. The largest absolute Gasteiger partial charge is 0.334 e. The van der Waals surface area contributed by atoms with Crippen LogP contribution in [0.1, 0.15) is 31.6 Å². The fourth-order valence-electron chi connectivity index (χ4n) is 1.83. The van der Waals surface area contributed by atoms with Crippen molar-refractivity contribution in [3.8, 4) is 0 Å². The molecule has 5 heteroatoms. The second-order valence-corrected chi connectivity index (χ2v) is 5.96. The van der Waals surface area contributed by atoms with Gasteiger partial charge in [-0.3, -0.25) is 4.79 Å². The van der Waals surface area contributed by atoms with Gasteiger partial charge in [0.25, 0.3) is 0 Å². The van der Waals surface area contributed by atoms with E-state index in [0.717, 1.165) is 19.4 Å². The minimum atomic E-state index is -0.0874. The quantitative estimate of drug-likeness (QED) is 0.905. The van der Waals surface area contributed by atoms with Gasteiger partial charge in [-0.25, -0.2) is 0 Å². The third-order valence-electron chi connectivity index (χ3n) is 3.36. The van der Waals surface area contributed by atoms with Gasteiger partial charge in [-0.1, -0.05) is 13.0 Å². The van der Waals surface area contributed by atoms with E-state index in [1.807, 2.05) is 24.8 Å². The third-order valence-corrected chi connectivity index (χ3v) is 4.22. The van der Waals surface area contributed by atoms with Crippen LogP contribution in [0.25, 0.3) is 0 Å². The van der Waals surface area contributed by atoms with Crippen molar-refractivity contribution >= 4 is 29.7 Å². The summed E-state index contributed by atoms with van der Waals surface area (Å²) >= 11 is 1.71. The van der Waals surface area contributed by atoms with Gasteiger partial charge in [-0.2, -0.15) is 0 Å². The molecule has 2 unspecified atom stereocenters. The Morgan fingerprint density at radius 3 is 2.67 bits per heavy atom. The van der Waals surface area contributed by atoms with Crippen LogP contribution in [0.5, 0.6) is 0 Å². The van der Waals surface area contributed by atoms with Crippen LogP contribution in [0.15, 0.2) is 17.5 Å². The number of halogens is 1. The summed E-state index contributed by atoms with van der Waals surface area (Å²) in [7, 11) is 0. The van der Waals surface area contributed by atoms with Gasteiger partial charge in [0.2, 0.25) is 5.91 Å². The second-order valence-electron chi connectivity index (χ2n) is 4.92. The number of hydrogen-bond acceptors (Lipinski definition) is 3. The average molecular weight is 289 g/mol. The molecule has 1 fully saturated rings. The highest BCUT2D eigenvalue weighted by molar-refractivity contribution is 7.09. The zero-order valence-electron chi connectivity index (χ0n) is 10.8. The van der Waals surface area contributed by atoms with Crippen LogP contribution in [0.2, 0.25) is 0 Å². The topological polar surface area (TPSA) is 46.3 Å². The second kappa shape index (κ2) is 6.55. The average Bonchev–Trinajstić information content (AvgIpc) is 3.01. The summed E-state index contributed by atoms with van der Waals surface area (Å²) in [5.74, 6) is 0.117. The SMILES string of the molecule is CC(N)C(C)C(=O)N(Cc1cccs1)C1CC1.Cl. The van der Waals surface area contributed by atoms with Crippen molar-refractivity contribution in [3.63, 3.8) is 0 Å². The van der Waals surface area contributed by atoms with E-state index in [1.165, 1.54) is 4.88 Å². The third kappa shape index (κ3) is 3.70. The molecule has 1 aromatic rings. The summed E-state index contributed by atoms with van der Waals surface area (Å²) < 4.78 is 0. The van der Waals surface area contributed by atoms with Crippen LogP contribution in [0.3, 0.4) is 0 Å². The van der Waals surface area contributed by atoms with Crippen LogP contribution in [0.4, 0.5) is 0 Å². The maximum absolute atomic E-state index is 12.3. The Balaban J connectivity index is 0.00000162. The lowest BCUT2D eigenvalue weighted by Crippen LogP contribution is -2.42. The molecule has 0 saturated heterocycles. The van der Waals surface area contributed by atoms with Gasteiger partial charge in [-0.15, -0.1) is 23.7 Å². The number of carbonyl (C=O) groups is 1. The Kier molecular flexibility index (Phi) is 5.63. The highest BCUT2D eigenvalue weighted by Crippen LogP contribution is 2.30. The van der Waals surface area contributed by atoms with E-state index in [2.05, 4.69) is 11.4 Å². The number of amides is 1. The molecule has 1 amide bonds. The van der Waals surface area contributed by atoms with E-state index in [0.29, 0.717) is 6.04 Å². The minimum absolute atomic E-state index is 0. The van der Waals surface area contributed by atoms with E-state index in [9.17, 15) is 4.79 Å². The zero-order valence-corrected chi connectivity index (χ0v) is 12.5. The van der Waals surface area contributed by atoms with Gasteiger partial charge < -0.3 is 10.6 Å². The molecule has 1 aliphatic rings. The van der Waals surface area contributed by atoms with E-state index in [4.69, 9.17) is 5.73 Å². The lowest BCUT2D eigenvalue weighted by molar-refractivity contribution is -0.136. The van der Waals surface area contributed by atoms with E-state index >= 15 is 0 Å². The molecule has 1 saturated carbocycles. The van der Waals surface area contributed by atoms with Crippen molar-refractivity contribution in [3.05, 3.63) is 22.4 Å². The van der Waals surface area contributed by atoms with Crippen LogP contribution >= 0.6 is 23.7 Å². The van der Waals surface area contributed by atoms with Gasteiger partial charge in [0.1, 0.15) is 0 Å². The Morgan fingerprint density at radius 1 is 1.56 bits per heavy atom. The number of rotatable bonds is 5. The van der Waals surface area contributed by atoms with Gasteiger partial charge in [0.05, 0.1) is 12.5 Å². The van der Waals surface area contributed by atoms with Gasteiger partial charge >= 0.3 is 0 Å². The molecule has 3 nitrogen and oxygen atoms in total. The van der Waals surface area contributed by atoms with Gasteiger partial charge in [0.15, 0.2) is 0 Å². The Hall–Kier alpha value is -0.580. The van der Waals surface area contributed by atoms with Crippen molar-refractivity contribution in [2.24, 2.45) is 11.7 Å². The Labute approximate surface area is 119 Å². The van der Waals surface area contributed by atoms with Crippen LogP contribution in [0, 0.1) is 5.92 Å². The molecule has 0 spiro atoms. The lowest BCUT2D eigenvalue weighted by atomic mass is 10.0. The number of carbonyl (C=O) groups excluding carboxylic acids is 1. The fraction of sp³-hybridized carbons (Fsp3) is 0.615. The summed E-state index contributed by atoms with van der Waals surface area (Å²) in [6, 6.07) is 4.49. The molecule has 2 rings (SSSR count). The Bertz CT molecular complexity index is 376. The predicted octanol–water partition coefficient (Wildman–Crippen LogP) is 2.64. The molecule has 1 heterocycles. The standard InChI is InChI=1S/C13H20N2OS.ClH/c1-9(10(2)14)13(16)15(11-5-6-11)8-12-4-3-7-17-12;/h3-4,7,9-11H,5-6,8,14H2,1-2H3;1H. The monoisotopic (exact) mass is 288 g/mol. The molecule has 18 heavy (non-hydrogen) atoms. The summed E-state index contributed by atoms with van der Waals surface area (Å²) in [6.45, 7) is 4.58. The predicted molar refractivity (Wildman–Crippen MR) is 78.0 cm³/mol. The van der Waals surface area contributed by atoms with Crippen molar-refractivity contribution in [2.45, 2.75) is 45.3 Å². The van der Waals surface area contributed by atoms with Gasteiger partial charge in [-0.05, 0) is 31.2 Å². The molecule has 2 N–H and O–H groups in total. The summed E-state index contributed by atoms with van der Waals surface area (Å²) in [5, 5.41) is 2.06. The minimum Gasteiger partial charge on any atom is -0.334 e. The summed E-state index contributed by atoms with van der Waals surface area (Å²) in [5.41, 5.74) is 5.82. The van der Waals surface area contributed by atoms with E-state index in [1.54, 1.807) is 11.3 Å². The van der Waals surface area contributed by atoms with Crippen molar-refractivity contribution < 1.29 is 4.79 Å². The van der Waals surface area contributed by atoms with Crippen molar-refractivity contribution in [2.75, 3.05) is 0 Å². The molecule has 102 valence electrons. The molecule has 0 aliphatic heterocycles. The molecule has 1 aliphatic carbocycles. The molecule has 0 bridgehead atoms. The Morgan fingerprint density at radius 2 is 2.22 bits per heavy atom. The molecular formula is C13H21ClN2OS. The first-order chi connectivity index (χ1) is 8.09. The zero-order chi connectivity index (χ0) is 12.4. The van der Waals surface area contributed by atoms with E-state index in [-0.39, 0.29) is 30.3 Å². The first-order valence-electron chi connectivity index (χ1n) is 6.18. The van der Waals surface area contributed by atoms with Crippen molar-refractivity contribution in [1.82, 2.24) is 4.90 Å². The smallest absolute Gasteiger partial charge is 0.227 e. The highest BCUT2D eigenvalue weighted by atomic mass is 35.5. The van der Waals surface area contributed by atoms with Gasteiger partial charge in [0, 0.05) is 17.0 Å². The number of thiophene rings is 1. The molecule has 1 aromatic heterocycles. The molecule has 0 radical (unpaired) electrons. The fourth-order valence-corrected chi connectivity index (χ4v) is 2.53. The van der Waals surface area contributed by atoms with Crippen molar-refractivity contribution in [1.29, 1.82) is 0 Å². The van der Waals surface area contributed by atoms with Crippen LogP contribution in [-0.4, -0.2) is 22.9 Å². The molecule has 2 atom stereocenters.